The fourth-order valence-electron chi connectivity index (χ4n) is 2.43. The Morgan fingerprint density at radius 2 is 1.59 bits per heavy atom. The van der Waals surface area contributed by atoms with E-state index in [4.69, 9.17) is 4.74 Å². The van der Waals surface area contributed by atoms with E-state index in [1.807, 2.05) is 0 Å². The number of rotatable bonds is 7. The molecular weight excluding hydrogens is 439 g/mol. The van der Waals surface area contributed by atoms with Gasteiger partial charge in [-0.1, -0.05) is 0 Å². The zero-order valence-corrected chi connectivity index (χ0v) is 17.8. The molecule has 0 fully saturated rings. The molecule has 0 spiro atoms. The second-order valence-electron chi connectivity index (χ2n) is 5.95. The quantitative estimate of drug-likeness (QED) is 0.563. The molecule has 0 bridgehead atoms. The summed E-state index contributed by atoms with van der Waals surface area (Å²) in [6.45, 7) is 1.79. The number of hydrogen-bond acceptors (Lipinski definition) is 6. The van der Waals surface area contributed by atoms with Crippen LogP contribution < -0.4 is 14.2 Å². The number of sulfonamides is 2. The van der Waals surface area contributed by atoms with Crippen molar-refractivity contribution in [1.29, 1.82) is 0 Å². The lowest BCUT2D eigenvalue weighted by Crippen LogP contribution is -2.15. The average Bonchev–Trinajstić information content (AvgIpc) is 3.09. The van der Waals surface area contributed by atoms with Gasteiger partial charge in [0.2, 0.25) is 0 Å². The van der Waals surface area contributed by atoms with E-state index in [9.17, 15) is 21.2 Å². The lowest BCUT2D eigenvalue weighted by atomic mass is 10.2. The van der Waals surface area contributed by atoms with E-state index >= 15 is 0 Å². The van der Waals surface area contributed by atoms with Crippen molar-refractivity contribution in [3.8, 4) is 5.75 Å². The summed E-state index contributed by atoms with van der Waals surface area (Å²) >= 11 is 1.12. The van der Waals surface area contributed by atoms with Crippen LogP contribution in [0.1, 0.15) is 4.88 Å². The molecule has 0 radical (unpaired) electrons. The van der Waals surface area contributed by atoms with Crippen LogP contribution in [0.25, 0.3) is 0 Å². The molecule has 1 aromatic heterocycles. The number of anilines is 2. The van der Waals surface area contributed by atoms with E-state index in [2.05, 4.69) is 9.44 Å². The topological polar surface area (TPSA) is 102 Å². The molecule has 0 aliphatic rings. The number of benzene rings is 2. The normalized spacial score (nSPS) is 11.8. The third-order valence-corrected chi connectivity index (χ3v) is 8.06. The Morgan fingerprint density at radius 3 is 2.17 bits per heavy atom. The van der Waals surface area contributed by atoms with Gasteiger partial charge in [-0.15, -0.1) is 11.3 Å². The van der Waals surface area contributed by atoms with E-state index in [1.165, 1.54) is 31.4 Å². The first-order valence-corrected chi connectivity index (χ1v) is 11.9. The first-order valence-electron chi connectivity index (χ1n) is 8.16. The monoisotopic (exact) mass is 456 g/mol. The third-order valence-electron chi connectivity index (χ3n) is 3.80. The van der Waals surface area contributed by atoms with Crippen molar-refractivity contribution in [2.75, 3.05) is 16.6 Å². The van der Waals surface area contributed by atoms with Crippen molar-refractivity contribution in [1.82, 2.24) is 0 Å². The van der Waals surface area contributed by atoms with Crippen LogP contribution >= 0.6 is 11.3 Å². The van der Waals surface area contributed by atoms with Crippen LogP contribution in [-0.2, 0) is 20.0 Å². The second-order valence-corrected chi connectivity index (χ2v) is 10.8. The van der Waals surface area contributed by atoms with E-state index in [0.29, 0.717) is 0 Å². The maximum atomic E-state index is 13.1. The molecule has 0 unspecified atom stereocenters. The SMILES string of the molecule is COc1ccc(NS(=O)(=O)c2ccc(C)s2)cc1NS(=O)(=O)c1ccc(F)cc1. The van der Waals surface area contributed by atoms with Crippen LogP contribution in [0.3, 0.4) is 0 Å². The third kappa shape index (κ3) is 4.86. The van der Waals surface area contributed by atoms with Gasteiger partial charge in [0.15, 0.2) is 0 Å². The molecule has 3 rings (SSSR count). The molecule has 0 aliphatic heterocycles. The van der Waals surface area contributed by atoms with Crippen molar-refractivity contribution in [2.45, 2.75) is 16.0 Å². The largest absolute Gasteiger partial charge is 0.495 e. The molecule has 1 heterocycles. The first kappa shape index (κ1) is 21.1. The molecule has 0 aliphatic carbocycles. The summed E-state index contributed by atoms with van der Waals surface area (Å²) in [5, 5.41) is 0. The summed E-state index contributed by atoms with van der Waals surface area (Å²) in [6.07, 6.45) is 0. The minimum absolute atomic E-state index is 0.0272. The Morgan fingerprint density at radius 1 is 0.897 bits per heavy atom. The number of ether oxygens (including phenoxy) is 1. The van der Waals surface area contributed by atoms with E-state index in [0.717, 1.165) is 40.5 Å². The highest BCUT2D eigenvalue weighted by atomic mass is 32.2. The molecule has 154 valence electrons. The van der Waals surface area contributed by atoms with Crippen molar-refractivity contribution in [3.05, 3.63) is 65.3 Å². The molecule has 3 aromatic rings. The average molecular weight is 457 g/mol. The van der Waals surface area contributed by atoms with E-state index in [1.54, 1.807) is 13.0 Å². The van der Waals surface area contributed by atoms with Gasteiger partial charge in [-0.2, -0.15) is 0 Å². The second kappa shape index (κ2) is 8.01. The highest BCUT2D eigenvalue weighted by Crippen LogP contribution is 2.31. The molecule has 2 aromatic carbocycles. The number of halogens is 1. The standard InChI is InChI=1S/C18H17FN2O5S3/c1-12-3-10-18(27-12)29(24,25)20-14-6-9-17(26-2)16(11-14)21-28(22,23)15-7-4-13(19)5-8-15/h3-11,20-21H,1-2H3. The Balaban J connectivity index is 1.92. The molecule has 7 nitrogen and oxygen atoms in total. The number of aryl methyl sites for hydroxylation is 1. The summed E-state index contributed by atoms with van der Waals surface area (Å²) in [6, 6.07) is 11.7. The van der Waals surface area contributed by atoms with Gasteiger partial charge in [0.1, 0.15) is 15.8 Å². The Hall–Kier alpha value is -2.63. The van der Waals surface area contributed by atoms with Gasteiger partial charge in [0, 0.05) is 4.88 Å². The smallest absolute Gasteiger partial charge is 0.271 e. The Labute approximate surface area is 172 Å². The predicted molar refractivity (Wildman–Crippen MR) is 110 cm³/mol. The van der Waals surface area contributed by atoms with Gasteiger partial charge in [-0.25, -0.2) is 21.2 Å². The molecule has 11 heteroatoms. The van der Waals surface area contributed by atoms with E-state index in [-0.39, 0.29) is 26.2 Å². The molecule has 2 N–H and O–H groups in total. The Kier molecular flexibility index (Phi) is 5.82. The maximum absolute atomic E-state index is 13.1. The van der Waals surface area contributed by atoms with Crippen LogP contribution in [0.15, 0.2) is 63.7 Å². The van der Waals surface area contributed by atoms with Crippen LogP contribution in [0.2, 0.25) is 0 Å². The van der Waals surface area contributed by atoms with Gasteiger partial charge in [0.05, 0.1) is 23.4 Å². The molecule has 0 saturated carbocycles. The molecular formula is C18H17FN2O5S3. The minimum atomic E-state index is -4.04. The minimum Gasteiger partial charge on any atom is -0.495 e. The van der Waals surface area contributed by atoms with Crippen molar-refractivity contribution >= 4 is 42.8 Å². The lowest BCUT2D eigenvalue weighted by molar-refractivity contribution is 0.417. The zero-order chi connectivity index (χ0) is 21.2. The number of hydrogen-bond donors (Lipinski definition) is 2. The molecule has 0 atom stereocenters. The van der Waals surface area contributed by atoms with Crippen molar-refractivity contribution < 1.29 is 26.0 Å². The predicted octanol–water partition coefficient (Wildman–Crippen LogP) is 3.81. The summed E-state index contributed by atoms with van der Waals surface area (Å²) < 4.78 is 73.3. The first-order chi connectivity index (χ1) is 13.6. The summed E-state index contributed by atoms with van der Waals surface area (Å²) in [5.41, 5.74) is 0.174. The number of methoxy groups -OCH3 is 1. The van der Waals surface area contributed by atoms with Crippen molar-refractivity contribution in [3.63, 3.8) is 0 Å². The maximum Gasteiger partial charge on any atom is 0.271 e. The molecule has 0 saturated heterocycles. The highest BCUT2D eigenvalue weighted by Gasteiger charge is 2.20. The van der Waals surface area contributed by atoms with E-state index < -0.39 is 25.9 Å². The van der Waals surface area contributed by atoms with Crippen LogP contribution in [0.4, 0.5) is 15.8 Å². The summed E-state index contributed by atoms with van der Waals surface area (Å²) in [5.74, 6) is -0.382. The fourth-order valence-corrected chi connectivity index (χ4v) is 5.82. The lowest BCUT2D eigenvalue weighted by Gasteiger charge is -2.14. The van der Waals surface area contributed by atoms with Crippen LogP contribution in [0, 0.1) is 12.7 Å². The Bertz CT molecular complexity index is 1240. The van der Waals surface area contributed by atoms with Crippen molar-refractivity contribution in [2.24, 2.45) is 0 Å². The number of nitrogens with one attached hydrogen (secondary N) is 2. The molecule has 0 amide bonds. The number of thiophene rings is 1. The summed E-state index contributed by atoms with van der Waals surface area (Å²) in [4.78, 5) is 0.689. The molecule has 29 heavy (non-hydrogen) atoms. The van der Waals surface area contributed by atoms with Crippen LogP contribution in [0.5, 0.6) is 5.75 Å². The fraction of sp³-hybridized carbons (Fsp3) is 0.111. The van der Waals surface area contributed by atoms with Gasteiger partial charge >= 0.3 is 0 Å². The summed E-state index contributed by atoms with van der Waals surface area (Å²) in [7, 11) is -6.51. The van der Waals surface area contributed by atoms with Gasteiger partial charge in [0.25, 0.3) is 20.0 Å². The zero-order valence-electron chi connectivity index (χ0n) is 15.3. The van der Waals surface area contributed by atoms with Gasteiger partial charge in [-0.3, -0.25) is 9.44 Å². The highest BCUT2D eigenvalue weighted by molar-refractivity contribution is 7.94. The van der Waals surface area contributed by atoms with Gasteiger partial charge in [-0.05, 0) is 61.5 Å². The van der Waals surface area contributed by atoms with Gasteiger partial charge < -0.3 is 4.74 Å². The van der Waals surface area contributed by atoms with Crippen LogP contribution in [-0.4, -0.2) is 23.9 Å².